The first-order valence-corrected chi connectivity index (χ1v) is 6.79. The van der Waals surface area contributed by atoms with Crippen molar-refractivity contribution in [2.75, 3.05) is 0 Å². The first-order valence-electron chi connectivity index (χ1n) is 6.79. The maximum Gasteiger partial charge on any atom is 0.329 e. The Labute approximate surface area is 125 Å². The number of benzene rings is 1. The first-order chi connectivity index (χ1) is 10.6. The topological polar surface area (TPSA) is 81.4 Å². The highest BCUT2D eigenvalue weighted by molar-refractivity contribution is 5.88. The second-order valence-corrected chi connectivity index (χ2v) is 4.96. The number of esters is 1. The molecule has 0 aliphatic carbocycles. The quantitative estimate of drug-likeness (QED) is 0.871. The molecule has 1 amide bonds. The van der Waals surface area contributed by atoms with Crippen LogP contribution in [0, 0.1) is 5.82 Å². The van der Waals surface area contributed by atoms with E-state index in [0.717, 1.165) is 0 Å². The van der Waals surface area contributed by atoms with Crippen molar-refractivity contribution in [3.63, 3.8) is 0 Å². The summed E-state index contributed by atoms with van der Waals surface area (Å²) in [4.78, 5) is 22.8. The van der Waals surface area contributed by atoms with Gasteiger partial charge in [-0.15, -0.1) is 0 Å². The number of nitrogens with zero attached hydrogens (tertiary/aromatic N) is 1. The van der Waals surface area contributed by atoms with Crippen LogP contribution in [-0.4, -0.2) is 23.1 Å². The highest BCUT2D eigenvalue weighted by Gasteiger charge is 2.28. The number of nitrogens with one attached hydrogen (secondary N) is 1. The molecule has 1 saturated heterocycles. The predicted molar refractivity (Wildman–Crippen MR) is 72.9 cm³/mol. The van der Waals surface area contributed by atoms with Crippen LogP contribution in [-0.2, 0) is 20.9 Å². The number of halogens is 1. The fourth-order valence-corrected chi connectivity index (χ4v) is 2.17. The lowest BCUT2D eigenvalue weighted by atomic mass is 10.1. The van der Waals surface area contributed by atoms with Gasteiger partial charge in [-0.1, -0.05) is 5.16 Å². The zero-order valence-electron chi connectivity index (χ0n) is 11.5. The molecule has 1 unspecified atom stereocenters. The van der Waals surface area contributed by atoms with E-state index in [9.17, 15) is 14.0 Å². The monoisotopic (exact) mass is 304 g/mol. The van der Waals surface area contributed by atoms with E-state index in [2.05, 4.69) is 10.5 Å². The van der Waals surface area contributed by atoms with Crippen molar-refractivity contribution in [2.24, 2.45) is 0 Å². The van der Waals surface area contributed by atoms with Crippen LogP contribution in [0.2, 0.25) is 0 Å². The van der Waals surface area contributed by atoms with Gasteiger partial charge in [0.15, 0.2) is 5.76 Å². The van der Waals surface area contributed by atoms with Crippen LogP contribution in [0.15, 0.2) is 34.9 Å². The van der Waals surface area contributed by atoms with E-state index >= 15 is 0 Å². The molecule has 1 aliphatic rings. The maximum atomic E-state index is 12.9. The summed E-state index contributed by atoms with van der Waals surface area (Å²) in [6.07, 6.45) is 0.774. The van der Waals surface area contributed by atoms with Crippen LogP contribution in [0.4, 0.5) is 4.39 Å². The third-order valence-electron chi connectivity index (χ3n) is 3.33. The van der Waals surface area contributed by atoms with Gasteiger partial charge in [0.25, 0.3) is 0 Å². The van der Waals surface area contributed by atoms with Crippen LogP contribution in [0.25, 0.3) is 11.3 Å². The fourth-order valence-electron chi connectivity index (χ4n) is 2.17. The summed E-state index contributed by atoms with van der Waals surface area (Å²) in [6, 6.07) is 6.81. The molecule has 1 aromatic heterocycles. The summed E-state index contributed by atoms with van der Waals surface area (Å²) in [5, 5.41) is 6.33. The van der Waals surface area contributed by atoms with Gasteiger partial charge >= 0.3 is 5.97 Å². The standard InChI is InChI=1S/C15H13FN2O4/c16-10-3-1-9(2-4-10)13-7-11(18-22-13)8-21-15(20)12-5-6-14(19)17-12/h1-4,7,12H,5-6,8H2,(H,17,19). The summed E-state index contributed by atoms with van der Waals surface area (Å²) >= 11 is 0. The zero-order valence-corrected chi connectivity index (χ0v) is 11.5. The van der Waals surface area contributed by atoms with Crippen LogP contribution in [0.5, 0.6) is 0 Å². The van der Waals surface area contributed by atoms with Gasteiger partial charge in [-0.2, -0.15) is 0 Å². The molecule has 0 saturated carbocycles. The Hall–Kier alpha value is -2.70. The molecule has 1 aliphatic heterocycles. The van der Waals surface area contributed by atoms with Gasteiger partial charge in [0, 0.05) is 18.1 Å². The Bertz CT molecular complexity index is 696. The lowest BCUT2D eigenvalue weighted by molar-refractivity contribution is -0.147. The Morgan fingerprint density at radius 3 is 2.86 bits per heavy atom. The lowest BCUT2D eigenvalue weighted by Crippen LogP contribution is -2.34. The summed E-state index contributed by atoms with van der Waals surface area (Å²) in [5.74, 6) is -0.518. The summed E-state index contributed by atoms with van der Waals surface area (Å²) < 4.78 is 23.1. The number of amides is 1. The average Bonchev–Trinajstić information content (AvgIpc) is 3.15. The van der Waals surface area contributed by atoms with Crippen molar-refractivity contribution in [1.82, 2.24) is 10.5 Å². The van der Waals surface area contributed by atoms with Crippen molar-refractivity contribution in [2.45, 2.75) is 25.5 Å². The molecule has 0 spiro atoms. The van der Waals surface area contributed by atoms with Gasteiger partial charge in [-0.3, -0.25) is 4.79 Å². The average molecular weight is 304 g/mol. The smallest absolute Gasteiger partial charge is 0.329 e. The minimum atomic E-state index is -0.587. The van der Waals surface area contributed by atoms with E-state index in [0.29, 0.717) is 29.9 Å². The summed E-state index contributed by atoms with van der Waals surface area (Å²) in [5.41, 5.74) is 1.12. The van der Waals surface area contributed by atoms with Crippen LogP contribution >= 0.6 is 0 Å². The molecular formula is C15H13FN2O4. The molecule has 1 N–H and O–H groups in total. The van der Waals surface area contributed by atoms with Gasteiger partial charge in [-0.25, -0.2) is 9.18 Å². The lowest BCUT2D eigenvalue weighted by Gasteiger charge is -2.08. The number of hydrogen-bond acceptors (Lipinski definition) is 5. The van der Waals surface area contributed by atoms with Gasteiger partial charge in [0.05, 0.1) is 0 Å². The molecule has 1 atom stereocenters. The predicted octanol–water partition coefficient (Wildman–Crippen LogP) is 1.80. The largest absolute Gasteiger partial charge is 0.458 e. The number of ether oxygens (including phenoxy) is 1. The number of hydrogen-bond donors (Lipinski definition) is 1. The van der Waals surface area contributed by atoms with Gasteiger partial charge in [-0.05, 0) is 30.7 Å². The van der Waals surface area contributed by atoms with Crippen molar-refractivity contribution in [1.29, 1.82) is 0 Å². The van der Waals surface area contributed by atoms with E-state index in [1.54, 1.807) is 18.2 Å². The number of carbonyl (C=O) groups is 2. The number of aromatic nitrogens is 1. The first kappa shape index (κ1) is 14.2. The molecule has 3 rings (SSSR count). The molecule has 1 fully saturated rings. The Morgan fingerprint density at radius 1 is 1.41 bits per heavy atom. The highest BCUT2D eigenvalue weighted by atomic mass is 19.1. The van der Waals surface area contributed by atoms with Crippen molar-refractivity contribution in [3.05, 3.63) is 41.8 Å². The maximum absolute atomic E-state index is 12.9. The molecule has 0 bridgehead atoms. The van der Waals surface area contributed by atoms with E-state index in [-0.39, 0.29) is 18.3 Å². The Morgan fingerprint density at radius 2 is 2.18 bits per heavy atom. The molecule has 6 nitrogen and oxygen atoms in total. The van der Waals surface area contributed by atoms with Gasteiger partial charge in [0.1, 0.15) is 24.2 Å². The summed E-state index contributed by atoms with van der Waals surface area (Å²) in [7, 11) is 0. The van der Waals surface area contributed by atoms with E-state index in [4.69, 9.17) is 9.26 Å². The Kier molecular flexibility index (Phi) is 3.86. The second-order valence-electron chi connectivity index (χ2n) is 4.96. The molecule has 114 valence electrons. The van der Waals surface area contributed by atoms with Gasteiger partial charge in [0.2, 0.25) is 5.91 Å². The highest BCUT2D eigenvalue weighted by Crippen LogP contribution is 2.21. The molecule has 2 heterocycles. The minimum Gasteiger partial charge on any atom is -0.458 e. The van der Waals surface area contributed by atoms with E-state index in [1.807, 2.05) is 0 Å². The normalized spacial score (nSPS) is 17.3. The molecule has 2 aromatic rings. The van der Waals surface area contributed by atoms with Gasteiger partial charge < -0.3 is 14.6 Å². The second kappa shape index (κ2) is 5.97. The van der Waals surface area contributed by atoms with Crippen molar-refractivity contribution < 1.29 is 23.2 Å². The van der Waals surface area contributed by atoms with Crippen LogP contribution < -0.4 is 5.32 Å². The van der Waals surface area contributed by atoms with E-state index in [1.165, 1.54) is 12.1 Å². The zero-order chi connectivity index (χ0) is 15.5. The van der Waals surface area contributed by atoms with Crippen LogP contribution in [0.3, 0.4) is 0 Å². The number of rotatable bonds is 4. The molecular weight excluding hydrogens is 291 g/mol. The molecule has 0 radical (unpaired) electrons. The SMILES string of the molecule is O=C1CCC(C(=O)OCc2cc(-c3ccc(F)cc3)on2)N1. The van der Waals surface area contributed by atoms with Crippen molar-refractivity contribution >= 4 is 11.9 Å². The molecule has 1 aromatic carbocycles. The van der Waals surface area contributed by atoms with Crippen molar-refractivity contribution in [3.8, 4) is 11.3 Å². The summed E-state index contributed by atoms with van der Waals surface area (Å²) in [6.45, 7) is -0.0457. The Balaban J connectivity index is 1.59. The molecule has 7 heteroatoms. The third-order valence-corrected chi connectivity index (χ3v) is 3.33. The fraction of sp³-hybridized carbons (Fsp3) is 0.267. The number of carbonyl (C=O) groups excluding carboxylic acids is 2. The molecule has 22 heavy (non-hydrogen) atoms. The third kappa shape index (κ3) is 3.13. The minimum absolute atomic E-state index is 0.0457. The van der Waals surface area contributed by atoms with E-state index < -0.39 is 12.0 Å². The van der Waals surface area contributed by atoms with Crippen LogP contribution in [0.1, 0.15) is 18.5 Å².